The molecule has 3 aromatic rings. The summed E-state index contributed by atoms with van der Waals surface area (Å²) in [4.78, 5) is 28.4. The maximum atomic E-state index is 13.3. The summed E-state index contributed by atoms with van der Waals surface area (Å²) in [6.07, 6.45) is 6.19. The Morgan fingerprint density at radius 3 is 2.63 bits per heavy atom. The first kappa shape index (κ1) is 19.9. The van der Waals surface area contributed by atoms with E-state index in [1.54, 1.807) is 11.6 Å². The molecule has 0 unspecified atom stereocenters. The summed E-state index contributed by atoms with van der Waals surface area (Å²) in [5.41, 5.74) is 5.15. The molecular formula is C25H25N3O2. The summed E-state index contributed by atoms with van der Waals surface area (Å²) in [6.45, 7) is 4.32. The van der Waals surface area contributed by atoms with Gasteiger partial charge in [0.1, 0.15) is 0 Å². The molecule has 2 aromatic carbocycles. The van der Waals surface area contributed by atoms with Crippen LogP contribution < -0.4 is 11.2 Å². The predicted molar refractivity (Wildman–Crippen MR) is 118 cm³/mol. The largest absolute Gasteiger partial charge is 0.331 e. The fourth-order valence-electron chi connectivity index (χ4n) is 4.17. The fourth-order valence-corrected chi connectivity index (χ4v) is 4.17. The Balaban J connectivity index is 1.67. The minimum absolute atomic E-state index is 0.182. The van der Waals surface area contributed by atoms with Crippen LogP contribution in [0.5, 0.6) is 0 Å². The zero-order chi connectivity index (χ0) is 21.3. The van der Waals surface area contributed by atoms with E-state index in [0.717, 1.165) is 41.0 Å². The predicted octanol–water partition coefficient (Wildman–Crippen LogP) is 2.44. The lowest BCUT2D eigenvalue weighted by atomic mass is 10.0. The summed E-state index contributed by atoms with van der Waals surface area (Å²) in [7, 11) is 1.76. The molecule has 0 saturated heterocycles. The topological polar surface area (TPSA) is 47.2 Å². The van der Waals surface area contributed by atoms with E-state index in [1.165, 1.54) is 4.57 Å². The van der Waals surface area contributed by atoms with E-state index in [0.29, 0.717) is 18.5 Å². The van der Waals surface area contributed by atoms with E-state index < -0.39 is 0 Å². The third kappa shape index (κ3) is 3.74. The van der Waals surface area contributed by atoms with Crippen molar-refractivity contribution in [2.75, 3.05) is 6.54 Å². The third-order valence-corrected chi connectivity index (χ3v) is 5.91. The monoisotopic (exact) mass is 399 g/mol. The van der Waals surface area contributed by atoms with Gasteiger partial charge in [-0.3, -0.25) is 14.3 Å². The molecule has 0 amide bonds. The van der Waals surface area contributed by atoms with E-state index in [4.69, 9.17) is 6.42 Å². The summed E-state index contributed by atoms with van der Waals surface area (Å²) in [5.74, 6) is 2.67. The summed E-state index contributed by atoms with van der Waals surface area (Å²) >= 11 is 0. The molecule has 4 rings (SSSR count). The van der Waals surface area contributed by atoms with E-state index >= 15 is 0 Å². The van der Waals surface area contributed by atoms with Gasteiger partial charge in [0.2, 0.25) is 0 Å². The summed E-state index contributed by atoms with van der Waals surface area (Å²) in [5, 5.41) is 0. The molecule has 5 heteroatoms. The Kier molecular flexibility index (Phi) is 5.43. The van der Waals surface area contributed by atoms with Gasteiger partial charge in [-0.15, -0.1) is 6.42 Å². The van der Waals surface area contributed by atoms with Crippen molar-refractivity contribution in [2.45, 2.75) is 33.0 Å². The van der Waals surface area contributed by atoms with Crippen molar-refractivity contribution in [3.63, 3.8) is 0 Å². The van der Waals surface area contributed by atoms with E-state index in [1.807, 2.05) is 55.5 Å². The number of aromatic nitrogens is 2. The van der Waals surface area contributed by atoms with Crippen molar-refractivity contribution < 1.29 is 0 Å². The van der Waals surface area contributed by atoms with Crippen LogP contribution in [0.4, 0.5) is 0 Å². The lowest BCUT2D eigenvalue weighted by Gasteiger charge is -2.30. The number of hydrogen-bond donors (Lipinski definition) is 0. The second kappa shape index (κ2) is 8.17. The van der Waals surface area contributed by atoms with E-state index in [2.05, 4.69) is 10.8 Å². The number of hydrogen-bond acceptors (Lipinski definition) is 3. The second-order valence-electron chi connectivity index (χ2n) is 7.89. The van der Waals surface area contributed by atoms with Gasteiger partial charge in [-0.1, -0.05) is 42.3 Å². The van der Waals surface area contributed by atoms with Gasteiger partial charge in [0.15, 0.2) is 0 Å². The average molecular weight is 399 g/mol. The van der Waals surface area contributed by atoms with Crippen molar-refractivity contribution >= 4 is 0 Å². The normalized spacial score (nSPS) is 13.6. The zero-order valence-electron chi connectivity index (χ0n) is 17.4. The van der Waals surface area contributed by atoms with Crippen LogP contribution in [0.1, 0.15) is 33.5 Å². The number of benzene rings is 2. The SMILES string of the molecule is C#Cc1cccc(CN2CCc3c(c(=O)n(Cc4ccccc4C)c(=O)n3C)C2)c1. The molecule has 1 aliphatic heterocycles. The highest BCUT2D eigenvalue weighted by atomic mass is 16.2. The van der Waals surface area contributed by atoms with Crippen LogP contribution in [0, 0.1) is 19.3 Å². The third-order valence-electron chi connectivity index (χ3n) is 5.91. The molecule has 0 aliphatic carbocycles. The minimum Gasteiger partial charge on any atom is -0.300 e. The molecule has 152 valence electrons. The highest BCUT2D eigenvalue weighted by molar-refractivity contribution is 5.35. The summed E-state index contributed by atoms with van der Waals surface area (Å²) in [6, 6.07) is 15.8. The van der Waals surface area contributed by atoms with Crippen molar-refractivity contribution in [3.05, 3.63) is 103 Å². The van der Waals surface area contributed by atoms with Gasteiger partial charge in [-0.05, 0) is 35.7 Å². The second-order valence-corrected chi connectivity index (χ2v) is 7.89. The van der Waals surface area contributed by atoms with Crippen LogP contribution in [0.15, 0.2) is 58.1 Å². The van der Waals surface area contributed by atoms with Crippen LogP contribution in [0.2, 0.25) is 0 Å². The van der Waals surface area contributed by atoms with Crippen LogP contribution in [-0.4, -0.2) is 20.6 Å². The quantitative estimate of drug-likeness (QED) is 0.633. The first-order valence-electron chi connectivity index (χ1n) is 10.1. The van der Waals surface area contributed by atoms with Gasteiger partial charge in [0.25, 0.3) is 5.56 Å². The highest BCUT2D eigenvalue weighted by Gasteiger charge is 2.24. The molecule has 0 atom stereocenters. The molecule has 0 spiro atoms. The molecule has 0 saturated carbocycles. The first-order chi connectivity index (χ1) is 14.5. The molecule has 0 fully saturated rings. The van der Waals surface area contributed by atoms with Gasteiger partial charge in [-0.25, -0.2) is 4.79 Å². The molecule has 1 aromatic heterocycles. The van der Waals surface area contributed by atoms with Gasteiger partial charge in [0, 0.05) is 44.4 Å². The molecule has 0 bridgehead atoms. The van der Waals surface area contributed by atoms with Gasteiger partial charge in [-0.2, -0.15) is 0 Å². The minimum atomic E-state index is -0.253. The van der Waals surface area contributed by atoms with Crippen molar-refractivity contribution in [3.8, 4) is 12.3 Å². The zero-order valence-corrected chi connectivity index (χ0v) is 17.4. The van der Waals surface area contributed by atoms with Crippen LogP contribution in [-0.2, 0) is 33.1 Å². The lowest BCUT2D eigenvalue weighted by molar-refractivity contribution is 0.237. The van der Waals surface area contributed by atoms with Crippen LogP contribution >= 0.6 is 0 Å². The number of terminal acetylenes is 1. The summed E-state index contributed by atoms with van der Waals surface area (Å²) < 4.78 is 3.01. The van der Waals surface area contributed by atoms with E-state index in [-0.39, 0.29) is 17.8 Å². The van der Waals surface area contributed by atoms with Gasteiger partial charge in [0.05, 0.1) is 12.1 Å². The first-order valence-corrected chi connectivity index (χ1v) is 10.1. The molecule has 0 radical (unpaired) electrons. The van der Waals surface area contributed by atoms with Crippen molar-refractivity contribution in [1.82, 2.24) is 14.0 Å². The highest BCUT2D eigenvalue weighted by Crippen LogP contribution is 2.18. The molecule has 2 heterocycles. The number of fused-ring (bicyclic) bond motifs is 1. The van der Waals surface area contributed by atoms with Crippen molar-refractivity contribution in [2.24, 2.45) is 7.05 Å². The smallest absolute Gasteiger partial charge is 0.300 e. The average Bonchev–Trinajstić information content (AvgIpc) is 2.76. The van der Waals surface area contributed by atoms with Crippen LogP contribution in [0.25, 0.3) is 0 Å². The Morgan fingerprint density at radius 2 is 1.87 bits per heavy atom. The Bertz CT molecular complexity index is 1260. The maximum Gasteiger partial charge on any atom is 0.331 e. The fraction of sp³-hybridized carbons (Fsp3) is 0.280. The van der Waals surface area contributed by atoms with Crippen LogP contribution in [0.3, 0.4) is 0 Å². The lowest BCUT2D eigenvalue weighted by Crippen LogP contribution is -2.47. The molecular weight excluding hydrogens is 374 g/mol. The molecule has 0 N–H and O–H groups in total. The number of nitrogens with zero attached hydrogens (tertiary/aromatic N) is 3. The molecule has 1 aliphatic rings. The molecule has 30 heavy (non-hydrogen) atoms. The van der Waals surface area contributed by atoms with Crippen molar-refractivity contribution in [1.29, 1.82) is 0 Å². The number of aryl methyl sites for hydroxylation is 1. The Labute approximate surface area is 176 Å². The Morgan fingerprint density at radius 1 is 1.07 bits per heavy atom. The standard InChI is InChI=1S/C25H25N3O2/c1-4-19-9-7-10-20(14-19)15-27-13-12-23-22(17-27)24(29)28(25(30)26(23)3)16-21-11-6-5-8-18(21)2/h1,5-11,14H,12-13,15-17H2,2-3H3. The van der Waals surface area contributed by atoms with E-state index in [9.17, 15) is 9.59 Å². The maximum absolute atomic E-state index is 13.3. The number of rotatable bonds is 4. The van der Waals surface area contributed by atoms with Gasteiger partial charge >= 0.3 is 5.69 Å². The van der Waals surface area contributed by atoms with Gasteiger partial charge < -0.3 is 4.57 Å². The molecule has 5 nitrogen and oxygen atoms in total. The Hall–Kier alpha value is -3.36.